The zero-order valence-electron chi connectivity index (χ0n) is 33.0. The van der Waals surface area contributed by atoms with Crippen molar-refractivity contribution in [2.45, 2.75) is 53.4 Å². The molecule has 9 heteroatoms. The first-order valence-electron chi connectivity index (χ1n) is 20.2. The minimum absolute atomic E-state index is 0.0470. The smallest absolute Gasteiger partial charge is 0.194 e. The zero-order chi connectivity index (χ0) is 38.6. The molecule has 0 saturated carbocycles. The summed E-state index contributed by atoms with van der Waals surface area (Å²) < 4.78 is 29.6. The fraction of sp³-hybridized carbons (Fsp3) is 0.435. The first-order valence-corrected chi connectivity index (χ1v) is 20.2. The Morgan fingerprint density at radius 1 is 0.545 bits per heavy atom. The number of morpholine rings is 1. The van der Waals surface area contributed by atoms with Gasteiger partial charge in [-0.1, -0.05) is 82.6 Å². The quantitative estimate of drug-likeness (QED) is 0.0803. The van der Waals surface area contributed by atoms with Gasteiger partial charge in [0.1, 0.15) is 29.6 Å². The molecule has 7 rings (SSSR count). The second kappa shape index (κ2) is 19.8. The van der Waals surface area contributed by atoms with Crippen molar-refractivity contribution in [2.24, 2.45) is 0 Å². The van der Waals surface area contributed by atoms with Gasteiger partial charge in [-0.15, -0.1) is 0 Å². The van der Waals surface area contributed by atoms with Crippen molar-refractivity contribution in [3.8, 4) is 45.3 Å². The standard InChI is InChI=1S/C23H27NO4.C23H29NO3/c1-2-13-27-19-8-3-6-17-21(19)22-18(23(17)25)7-4-9-20(22)28-14-5-10-24-11-15-26-16-12-24;1-4-7-15-26-19-12-8-10-17-21(19)22-18(23(17)25)11-9-13-20(22)27-16-14-24(5-2)6-3/h3-4,6-9H,2,5,10-16H2,1H3;8-13H,4-7,14-16H2,1-3H3. The van der Waals surface area contributed by atoms with E-state index in [0.717, 1.165) is 123 Å². The van der Waals surface area contributed by atoms with Gasteiger partial charge in [-0.2, -0.15) is 0 Å². The summed E-state index contributed by atoms with van der Waals surface area (Å²) in [6.45, 7) is 18.5. The number of hydrogen-bond donors (Lipinski definition) is 0. The van der Waals surface area contributed by atoms with Gasteiger partial charge in [-0.25, -0.2) is 0 Å². The van der Waals surface area contributed by atoms with Gasteiger partial charge in [0.2, 0.25) is 0 Å². The fourth-order valence-electron chi connectivity index (χ4n) is 7.34. The number of unbranched alkanes of at least 4 members (excludes halogenated alkanes) is 1. The van der Waals surface area contributed by atoms with Crippen LogP contribution in [0.2, 0.25) is 0 Å². The van der Waals surface area contributed by atoms with Crippen LogP contribution >= 0.6 is 0 Å². The summed E-state index contributed by atoms with van der Waals surface area (Å²) in [4.78, 5) is 30.5. The van der Waals surface area contributed by atoms with Crippen LogP contribution < -0.4 is 18.9 Å². The number of hydrogen-bond acceptors (Lipinski definition) is 9. The van der Waals surface area contributed by atoms with Crippen LogP contribution in [0, 0.1) is 0 Å². The molecular weight excluding hydrogens is 693 g/mol. The van der Waals surface area contributed by atoms with Gasteiger partial charge >= 0.3 is 0 Å². The maximum Gasteiger partial charge on any atom is 0.194 e. The summed E-state index contributed by atoms with van der Waals surface area (Å²) >= 11 is 0. The number of rotatable bonds is 18. The van der Waals surface area contributed by atoms with Crippen molar-refractivity contribution in [2.75, 3.05) is 78.9 Å². The Morgan fingerprint density at radius 3 is 1.38 bits per heavy atom. The molecule has 0 bridgehead atoms. The van der Waals surface area contributed by atoms with Gasteiger partial charge in [0, 0.05) is 70.7 Å². The second-order valence-corrected chi connectivity index (χ2v) is 14.0. The van der Waals surface area contributed by atoms with Gasteiger partial charge in [0.05, 0.1) is 33.0 Å². The van der Waals surface area contributed by atoms with Crippen LogP contribution in [-0.4, -0.2) is 100 Å². The Kier molecular flexibility index (Phi) is 14.4. The predicted molar refractivity (Wildman–Crippen MR) is 217 cm³/mol. The molecular formula is C46H56N2O7. The first-order chi connectivity index (χ1) is 27.0. The van der Waals surface area contributed by atoms with Crippen LogP contribution in [0.4, 0.5) is 0 Å². The van der Waals surface area contributed by atoms with E-state index in [1.54, 1.807) is 0 Å². The number of ether oxygens (including phenoxy) is 5. The van der Waals surface area contributed by atoms with Crippen LogP contribution in [0.15, 0.2) is 72.8 Å². The van der Waals surface area contributed by atoms with Crippen LogP contribution in [0.25, 0.3) is 22.3 Å². The summed E-state index contributed by atoms with van der Waals surface area (Å²) in [6.07, 6.45) is 3.93. The number of nitrogens with zero attached hydrogens (tertiary/aromatic N) is 2. The van der Waals surface area contributed by atoms with E-state index in [-0.39, 0.29) is 11.6 Å². The highest BCUT2D eigenvalue weighted by Crippen LogP contribution is 2.48. The number of carbonyl (C=O) groups is 2. The lowest BCUT2D eigenvalue weighted by atomic mass is 10.0. The summed E-state index contributed by atoms with van der Waals surface area (Å²) in [5.74, 6) is 3.15. The van der Waals surface area contributed by atoms with Crippen molar-refractivity contribution >= 4 is 11.6 Å². The highest BCUT2D eigenvalue weighted by molar-refractivity contribution is 6.24. The molecule has 1 saturated heterocycles. The van der Waals surface area contributed by atoms with Gasteiger partial charge in [-0.3, -0.25) is 14.5 Å². The molecule has 0 amide bonds. The molecule has 4 aromatic rings. The molecule has 3 aliphatic rings. The number of benzene rings is 4. The number of fused-ring (bicyclic) bond motifs is 6. The molecule has 292 valence electrons. The van der Waals surface area contributed by atoms with E-state index in [0.29, 0.717) is 48.7 Å². The van der Waals surface area contributed by atoms with Crippen LogP contribution in [-0.2, 0) is 4.74 Å². The lowest BCUT2D eigenvalue weighted by Gasteiger charge is -2.26. The molecule has 1 fully saturated rings. The number of ketones is 2. The largest absolute Gasteiger partial charge is 0.493 e. The van der Waals surface area contributed by atoms with E-state index in [9.17, 15) is 9.59 Å². The summed E-state index contributed by atoms with van der Waals surface area (Å²) in [5.41, 5.74) is 6.33. The SMILES string of the molecule is CCCCOc1cccc2c1-c1c(OCCN(CC)CC)cccc1C2=O.CCCOc1cccc2c1-c1c(OCCCN3CCOCC3)cccc1C2=O. The lowest BCUT2D eigenvalue weighted by molar-refractivity contribution is 0.0358. The van der Waals surface area contributed by atoms with Crippen molar-refractivity contribution in [3.05, 3.63) is 95.1 Å². The molecule has 1 aliphatic heterocycles. The third-order valence-corrected chi connectivity index (χ3v) is 10.3. The highest BCUT2D eigenvalue weighted by Gasteiger charge is 2.33. The van der Waals surface area contributed by atoms with E-state index in [1.807, 2.05) is 72.8 Å². The van der Waals surface area contributed by atoms with Gasteiger partial charge < -0.3 is 28.6 Å². The molecule has 0 N–H and O–H groups in total. The van der Waals surface area contributed by atoms with Crippen molar-refractivity contribution in [3.63, 3.8) is 0 Å². The van der Waals surface area contributed by atoms with Crippen molar-refractivity contribution in [1.82, 2.24) is 9.80 Å². The van der Waals surface area contributed by atoms with E-state index >= 15 is 0 Å². The molecule has 9 nitrogen and oxygen atoms in total. The molecule has 0 atom stereocenters. The Hall–Kier alpha value is -4.70. The minimum Gasteiger partial charge on any atom is -0.493 e. The van der Waals surface area contributed by atoms with Crippen molar-refractivity contribution < 1.29 is 33.3 Å². The topological polar surface area (TPSA) is 86.8 Å². The highest BCUT2D eigenvalue weighted by atomic mass is 16.5. The first kappa shape index (κ1) is 40.0. The van der Waals surface area contributed by atoms with Gasteiger partial charge in [0.15, 0.2) is 11.6 Å². The maximum absolute atomic E-state index is 12.9. The Labute approximate surface area is 326 Å². The lowest BCUT2D eigenvalue weighted by Crippen LogP contribution is -2.37. The molecule has 55 heavy (non-hydrogen) atoms. The van der Waals surface area contributed by atoms with Crippen LogP contribution in [0.3, 0.4) is 0 Å². The molecule has 0 radical (unpaired) electrons. The number of carbonyl (C=O) groups excluding carboxylic acids is 2. The summed E-state index contributed by atoms with van der Waals surface area (Å²) in [6, 6.07) is 22.9. The van der Waals surface area contributed by atoms with Gasteiger partial charge in [-0.05, 0) is 56.6 Å². The van der Waals surface area contributed by atoms with E-state index in [2.05, 4.69) is 37.5 Å². The second-order valence-electron chi connectivity index (χ2n) is 14.0. The average Bonchev–Trinajstić information content (AvgIpc) is 3.70. The summed E-state index contributed by atoms with van der Waals surface area (Å²) in [7, 11) is 0. The maximum atomic E-state index is 12.9. The van der Waals surface area contributed by atoms with E-state index < -0.39 is 0 Å². The Bertz CT molecular complexity index is 1910. The third-order valence-electron chi connectivity index (χ3n) is 10.3. The molecule has 1 heterocycles. The Morgan fingerprint density at radius 2 is 0.964 bits per heavy atom. The zero-order valence-corrected chi connectivity index (χ0v) is 33.0. The normalized spacial score (nSPS) is 14.1. The van der Waals surface area contributed by atoms with Gasteiger partial charge in [0.25, 0.3) is 0 Å². The van der Waals surface area contributed by atoms with Crippen LogP contribution in [0.5, 0.6) is 23.0 Å². The fourth-order valence-corrected chi connectivity index (χ4v) is 7.34. The predicted octanol–water partition coefficient (Wildman–Crippen LogP) is 8.59. The molecule has 2 aliphatic carbocycles. The van der Waals surface area contributed by atoms with Crippen LogP contribution in [0.1, 0.15) is 85.2 Å². The molecule has 4 aromatic carbocycles. The average molecular weight is 749 g/mol. The molecule has 0 aromatic heterocycles. The number of likely N-dealkylation sites (N-methyl/N-ethyl adjacent to an activating group) is 1. The monoisotopic (exact) mass is 748 g/mol. The molecule has 0 unspecified atom stereocenters. The van der Waals surface area contributed by atoms with Crippen molar-refractivity contribution in [1.29, 1.82) is 0 Å². The molecule has 0 spiro atoms. The third kappa shape index (κ3) is 9.23. The summed E-state index contributed by atoms with van der Waals surface area (Å²) in [5, 5.41) is 0. The van der Waals surface area contributed by atoms with E-state index in [4.69, 9.17) is 23.7 Å². The Balaban J connectivity index is 0.000000187. The minimum atomic E-state index is 0.0470. The van der Waals surface area contributed by atoms with E-state index in [1.165, 1.54) is 0 Å².